The Morgan fingerprint density at radius 3 is 2.35 bits per heavy atom. The van der Waals surface area contributed by atoms with Gasteiger partial charge in [0.25, 0.3) is 0 Å². The highest BCUT2D eigenvalue weighted by atomic mass is 32.2. The molecule has 0 fully saturated rings. The highest BCUT2D eigenvalue weighted by molar-refractivity contribution is 7.84. The smallest absolute Gasteiger partial charge is 0.233 e. The first kappa shape index (κ1) is 15.9. The third-order valence-corrected chi connectivity index (χ3v) is 3.69. The largest absolute Gasteiger partial charge is 0.409 e. The number of carbonyl (C=O) groups excluding carboxylic acids is 1. The molecule has 0 aliphatic carbocycles. The summed E-state index contributed by atoms with van der Waals surface area (Å²) in [5.41, 5.74) is 4.60. The molecule has 0 aliphatic rings. The van der Waals surface area contributed by atoms with Crippen molar-refractivity contribution in [3.05, 3.63) is 0 Å². The van der Waals surface area contributed by atoms with E-state index < -0.39 is 16.2 Å². The van der Waals surface area contributed by atoms with Crippen LogP contribution in [-0.2, 0) is 15.6 Å². The maximum atomic E-state index is 12.0. The molecular weight excluding hydrogens is 242 g/mol. The standard InChI is InChI=1S/C10H21N3O3S/c1-4-10(5-2,8(11)13-15)9(14)12-6-7-17(3)16/h15H,4-7H2,1-3H3,(H2,11,13)(H,12,14). The number of hydrogen-bond donors (Lipinski definition) is 3. The van der Waals surface area contributed by atoms with E-state index in [1.807, 2.05) is 0 Å². The zero-order valence-corrected chi connectivity index (χ0v) is 11.3. The van der Waals surface area contributed by atoms with Crippen molar-refractivity contribution in [2.45, 2.75) is 26.7 Å². The van der Waals surface area contributed by atoms with Gasteiger partial charge in [-0.2, -0.15) is 0 Å². The minimum absolute atomic E-state index is 0.0855. The van der Waals surface area contributed by atoms with Crippen LogP contribution in [-0.4, -0.2) is 39.7 Å². The van der Waals surface area contributed by atoms with E-state index in [2.05, 4.69) is 10.5 Å². The Morgan fingerprint density at radius 1 is 1.47 bits per heavy atom. The Morgan fingerprint density at radius 2 is 2.00 bits per heavy atom. The van der Waals surface area contributed by atoms with Gasteiger partial charge in [0.05, 0.1) is 0 Å². The van der Waals surface area contributed by atoms with E-state index in [-0.39, 0.29) is 11.7 Å². The van der Waals surface area contributed by atoms with E-state index in [1.54, 1.807) is 20.1 Å². The molecule has 0 aromatic carbocycles. The van der Waals surface area contributed by atoms with Crippen LogP contribution in [0.25, 0.3) is 0 Å². The maximum absolute atomic E-state index is 12.0. The second kappa shape index (κ2) is 7.26. The zero-order chi connectivity index (χ0) is 13.5. The highest BCUT2D eigenvalue weighted by Crippen LogP contribution is 2.26. The molecule has 0 saturated heterocycles. The van der Waals surface area contributed by atoms with Crippen molar-refractivity contribution in [3.8, 4) is 0 Å². The van der Waals surface area contributed by atoms with Crippen LogP contribution in [0, 0.1) is 5.41 Å². The minimum Gasteiger partial charge on any atom is -0.409 e. The molecule has 0 radical (unpaired) electrons. The van der Waals surface area contributed by atoms with Gasteiger partial charge in [0, 0.05) is 29.4 Å². The molecule has 1 unspecified atom stereocenters. The van der Waals surface area contributed by atoms with Crippen molar-refractivity contribution < 1.29 is 14.2 Å². The number of rotatable bonds is 7. The van der Waals surface area contributed by atoms with Gasteiger partial charge in [-0.05, 0) is 12.8 Å². The summed E-state index contributed by atoms with van der Waals surface area (Å²) >= 11 is 0. The normalized spacial score (nSPS) is 14.4. The number of hydrogen-bond acceptors (Lipinski definition) is 4. The van der Waals surface area contributed by atoms with Gasteiger partial charge in [-0.1, -0.05) is 19.0 Å². The van der Waals surface area contributed by atoms with Crippen LogP contribution in [0.2, 0.25) is 0 Å². The summed E-state index contributed by atoms with van der Waals surface area (Å²) in [6.07, 6.45) is 2.46. The number of carbonyl (C=O) groups is 1. The molecule has 0 heterocycles. The van der Waals surface area contributed by atoms with Crippen molar-refractivity contribution >= 4 is 22.5 Å². The Hall–Kier alpha value is -1.11. The molecule has 0 rings (SSSR count). The van der Waals surface area contributed by atoms with Gasteiger partial charge in [0.2, 0.25) is 5.91 Å². The van der Waals surface area contributed by atoms with Gasteiger partial charge in [-0.25, -0.2) is 0 Å². The summed E-state index contributed by atoms with van der Waals surface area (Å²) < 4.78 is 10.9. The predicted molar refractivity (Wildman–Crippen MR) is 68.4 cm³/mol. The number of amidine groups is 1. The molecule has 6 nitrogen and oxygen atoms in total. The molecule has 0 aromatic heterocycles. The van der Waals surface area contributed by atoms with Crippen LogP contribution < -0.4 is 11.1 Å². The number of nitrogens with two attached hydrogens (primary N) is 1. The first-order chi connectivity index (χ1) is 7.94. The first-order valence-corrected chi connectivity index (χ1v) is 7.23. The summed E-state index contributed by atoms with van der Waals surface area (Å²) in [5, 5.41) is 14.3. The molecule has 0 spiro atoms. The second-order valence-electron chi connectivity index (χ2n) is 3.81. The fourth-order valence-corrected chi connectivity index (χ4v) is 2.01. The third kappa shape index (κ3) is 3.99. The molecule has 1 amide bonds. The van der Waals surface area contributed by atoms with Gasteiger partial charge < -0.3 is 16.3 Å². The fourth-order valence-electron chi connectivity index (χ4n) is 1.62. The Labute approximate surface area is 104 Å². The number of amides is 1. The van der Waals surface area contributed by atoms with Crippen molar-refractivity contribution in [1.29, 1.82) is 0 Å². The molecule has 0 aliphatic heterocycles. The van der Waals surface area contributed by atoms with Crippen LogP contribution in [0.3, 0.4) is 0 Å². The lowest BCUT2D eigenvalue weighted by molar-refractivity contribution is -0.127. The average molecular weight is 263 g/mol. The number of nitrogens with one attached hydrogen (secondary N) is 1. The van der Waals surface area contributed by atoms with E-state index in [4.69, 9.17) is 10.9 Å². The van der Waals surface area contributed by atoms with E-state index in [0.29, 0.717) is 25.1 Å². The zero-order valence-electron chi connectivity index (χ0n) is 10.5. The van der Waals surface area contributed by atoms with Crippen molar-refractivity contribution in [2.75, 3.05) is 18.6 Å². The van der Waals surface area contributed by atoms with Crippen molar-refractivity contribution in [3.63, 3.8) is 0 Å². The quantitative estimate of drug-likeness (QED) is 0.261. The van der Waals surface area contributed by atoms with E-state index >= 15 is 0 Å². The molecule has 0 aromatic rings. The van der Waals surface area contributed by atoms with Crippen LogP contribution in [0.4, 0.5) is 0 Å². The molecule has 1 atom stereocenters. The van der Waals surface area contributed by atoms with Crippen molar-refractivity contribution in [2.24, 2.45) is 16.3 Å². The van der Waals surface area contributed by atoms with Gasteiger partial charge in [0.1, 0.15) is 5.41 Å². The molecule has 0 bridgehead atoms. The lowest BCUT2D eigenvalue weighted by Gasteiger charge is -2.28. The summed E-state index contributed by atoms with van der Waals surface area (Å²) in [5.74, 6) is 0.0201. The van der Waals surface area contributed by atoms with Crippen LogP contribution >= 0.6 is 0 Å². The lowest BCUT2D eigenvalue weighted by atomic mass is 9.80. The topological polar surface area (TPSA) is 105 Å². The van der Waals surface area contributed by atoms with E-state index in [9.17, 15) is 9.00 Å². The summed E-state index contributed by atoms with van der Waals surface area (Å²) in [6.45, 7) is 3.93. The summed E-state index contributed by atoms with van der Waals surface area (Å²) in [4.78, 5) is 12.0. The van der Waals surface area contributed by atoms with Crippen LogP contribution in [0.5, 0.6) is 0 Å². The van der Waals surface area contributed by atoms with Gasteiger partial charge >= 0.3 is 0 Å². The predicted octanol–water partition coefficient (Wildman–Crippen LogP) is 0.0339. The van der Waals surface area contributed by atoms with Crippen LogP contribution in [0.15, 0.2) is 5.16 Å². The second-order valence-corrected chi connectivity index (χ2v) is 5.36. The van der Waals surface area contributed by atoms with Gasteiger partial charge in [-0.15, -0.1) is 0 Å². The van der Waals surface area contributed by atoms with Gasteiger partial charge in [-0.3, -0.25) is 9.00 Å². The SMILES string of the molecule is CCC(CC)(C(=O)NCCS(C)=O)C(N)=NO. The molecular formula is C10H21N3O3S. The number of oxime groups is 1. The highest BCUT2D eigenvalue weighted by Gasteiger charge is 2.39. The maximum Gasteiger partial charge on any atom is 0.233 e. The molecule has 0 saturated carbocycles. The fraction of sp³-hybridized carbons (Fsp3) is 0.800. The monoisotopic (exact) mass is 263 g/mol. The van der Waals surface area contributed by atoms with E-state index in [0.717, 1.165) is 0 Å². The Bertz CT molecular complexity index is 314. The minimum atomic E-state index is -0.982. The summed E-state index contributed by atoms with van der Waals surface area (Å²) in [7, 11) is -0.951. The first-order valence-electron chi connectivity index (χ1n) is 5.50. The molecule has 7 heteroatoms. The Kier molecular flexibility index (Phi) is 6.79. The van der Waals surface area contributed by atoms with E-state index in [1.165, 1.54) is 0 Å². The lowest BCUT2D eigenvalue weighted by Crippen LogP contribution is -2.49. The Balaban J connectivity index is 4.72. The molecule has 17 heavy (non-hydrogen) atoms. The molecule has 4 N–H and O–H groups in total. The molecule has 100 valence electrons. The van der Waals surface area contributed by atoms with Gasteiger partial charge in [0.15, 0.2) is 5.84 Å². The number of nitrogens with zero attached hydrogens (tertiary/aromatic N) is 1. The average Bonchev–Trinajstić information content (AvgIpc) is 2.30. The summed E-state index contributed by atoms with van der Waals surface area (Å²) in [6, 6.07) is 0. The third-order valence-electron chi connectivity index (χ3n) is 2.91. The van der Waals surface area contributed by atoms with Crippen LogP contribution in [0.1, 0.15) is 26.7 Å². The van der Waals surface area contributed by atoms with Crippen molar-refractivity contribution in [1.82, 2.24) is 5.32 Å².